The number of anilines is 2. The molecule has 0 aliphatic rings. The van der Waals surface area contributed by atoms with Gasteiger partial charge in [-0.3, -0.25) is 9.59 Å². The zero-order valence-electron chi connectivity index (χ0n) is 17.4. The Morgan fingerprint density at radius 2 is 1.45 bits per heavy atom. The van der Waals surface area contributed by atoms with Crippen molar-refractivity contribution in [3.05, 3.63) is 59.7 Å². The van der Waals surface area contributed by atoms with Gasteiger partial charge < -0.3 is 20.1 Å². The van der Waals surface area contributed by atoms with Crippen LogP contribution in [0.1, 0.15) is 44.5 Å². The summed E-state index contributed by atoms with van der Waals surface area (Å²) >= 11 is 0. The molecule has 0 unspecified atom stereocenters. The van der Waals surface area contributed by atoms with Gasteiger partial charge in [0.05, 0.1) is 24.6 Å². The van der Waals surface area contributed by atoms with Crippen molar-refractivity contribution >= 4 is 23.2 Å². The molecule has 0 saturated carbocycles. The van der Waals surface area contributed by atoms with Gasteiger partial charge in [-0.2, -0.15) is 0 Å². The average molecular weight is 396 g/mol. The summed E-state index contributed by atoms with van der Waals surface area (Å²) in [6, 6.07) is 12.3. The van der Waals surface area contributed by atoms with E-state index in [1.807, 2.05) is 32.9 Å². The topological polar surface area (TPSA) is 76.7 Å². The zero-order valence-corrected chi connectivity index (χ0v) is 17.4. The van der Waals surface area contributed by atoms with Crippen molar-refractivity contribution in [1.82, 2.24) is 0 Å². The number of carbonyl (C=O) groups is 2. The maximum atomic E-state index is 12.6. The van der Waals surface area contributed by atoms with Gasteiger partial charge in [0.1, 0.15) is 11.5 Å². The Balaban J connectivity index is 2.38. The normalized spacial score (nSPS) is 11.0. The summed E-state index contributed by atoms with van der Waals surface area (Å²) in [5.41, 5.74) is 2.12. The molecule has 0 fully saturated rings. The van der Waals surface area contributed by atoms with Crippen molar-refractivity contribution in [3.63, 3.8) is 0 Å². The lowest BCUT2D eigenvalue weighted by Gasteiger charge is -2.18. The lowest BCUT2D eigenvalue weighted by Crippen LogP contribution is -2.16. The first kappa shape index (κ1) is 22.0. The third-order valence-electron chi connectivity index (χ3n) is 4.08. The van der Waals surface area contributed by atoms with Gasteiger partial charge in [-0.15, -0.1) is 0 Å². The molecule has 2 N–H and O–H groups in total. The van der Waals surface area contributed by atoms with Crippen molar-refractivity contribution in [1.29, 1.82) is 0 Å². The highest BCUT2D eigenvalue weighted by Crippen LogP contribution is 2.37. The smallest absolute Gasteiger partial charge is 0.255 e. The molecule has 2 aromatic rings. The van der Waals surface area contributed by atoms with Crippen molar-refractivity contribution < 1.29 is 19.1 Å². The number of hydrogen-bond acceptors (Lipinski definition) is 4. The van der Waals surface area contributed by atoms with Crippen LogP contribution in [0.3, 0.4) is 0 Å². The standard InChI is InChI=1S/C23H28N2O4/c1-5-11-16(4)22(26)24-18-14-21(29-7-3)19(15-20(18)28-6-2)25-23(27)17-12-9-8-10-13-17/h8-15H,5-7H2,1-4H3,(H,24,26)(H,25,27). The Morgan fingerprint density at radius 3 is 1.97 bits per heavy atom. The minimum atomic E-state index is -0.257. The Hall–Kier alpha value is -3.28. The summed E-state index contributed by atoms with van der Waals surface area (Å²) < 4.78 is 11.4. The van der Waals surface area contributed by atoms with Crippen LogP contribution in [0.5, 0.6) is 11.5 Å². The maximum absolute atomic E-state index is 12.6. The number of nitrogens with one attached hydrogen (secondary N) is 2. The predicted molar refractivity (Wildman–Crippen MR) is 116 cm³/mol. The van der Waals surface area contributed by atoms with E-state index < -0.39 is 0 Å². The molecule has 0 aliphatic heterocycles. The van der Waals surface area contributed by atoms with E-state index in [0.29, 0.717) is 47.2 Å². The minimum absolute atomic E-state index is 0.212. The highest BCUT2D eigenvalue weighted by molar-refractivity contribution is 6.07. The van der Waals surface area contributed by atoms with Gasteiger partial charge in [0, 0.05) is 23.3 Å². The second-order valence-corrected chi connectivity index (χ2v) is 6.28. The molecule has 0 bridgehead atoms. The number of carbonyl (C=O) groups excluding carboxylic acids is 2. The average Bonchev–Trinajstić information content (AvgIpc) is 2.72. The molecule has 2 amide bonds. The maximum Gasteiger partial charge on any atom is 0.255 e. The lowest BCUT2D eigenvalue weighted by molar-refractivity contribution is -0.112. The van der Waals surface area contributed by atoms with Crippen molar-refractivity contribution in [2.24, 2.45) is 0 Å². The van der Waals surface area contributed by atoms with Crippen LogP contribution in [-0.2, 0) is 4.79 Å². The predicted octanol–water partition coefficient (Wildman–Crippen LogP) is 5.03. The highest BCUT2D eigenvalue weighted by atomic mass is 16.5. The fraction of sp³-hybridized carbons (Fsp3) is 0.304. The fourth-order valence-corrected chi connectivity index (χ4v) is 2.71. The molecule has 0 aromatic heterocycles. The summed E-state index contributed by atoms with van der Waals surface area (Å²) in [5.74, 6) is 0.438. The van der Waals surface area contributed by atoms with Crippen molar-refractivity contribution in [2.75, 3.05) is 23.8 Å². The molecule has 0 radical (unpaired) electrons. The molecular weight excluding hydrogens is 368 g/mol. The van der Waals surface area contributed by atoms with E-state index in [1.54, 1.807) is 43.3 Å². The SMILES string of the molecule is CCC=C(C)C(=O)Nc1cc(OCC)c(NC(=O)c2ccccc2)cc1OCC. The molecule has 6 nitrogen and oxygen atoms in total. The number of allylic oxidation sites excluding steroid dienone is 1. The van der Waals surface area contributed by atoms with Gasteiger partial charge in [0.25, 0.3) is 11.8 Å². The number of rotatable bonds is 9. The summed E-state index contributed by atoms with van der Waals surface area (Å²) in [6.45, 7) is 8.26. The second kappa shape index (κ2) is 10.9. The van der Waals surface area contributed by atoms with Gasteiger partial charge in [0.15, 0.2) is 0 Å². The van der Waals surface area contributed by atoms with Crippen LogP contribution >= 0.6 is 0 Å². The van der Waals surface area contributed by atoms with E-state index >= 15 is 0 Å². The third-order valence-corrected chi connectivity index (χ3v) is 4.08. The van der Waals surface area contributed by atoms with Crippen LogP contribution in [0.25, 0.3) is 0 Å². The molecule has 0 atom stereocenters. The summed E-state index contributed by atoms with van der Waals surface area (Å²) in [4.78, 5) is 25.0. The number of hydrogen-bond donors (Lipinski definition) is 2. The van der Waals surface area contributed by atoms with E-state index in [9.17, 15) is 9.59 Å². The van der Waals surface area contributed by atoms with E-state index in [0.717, 1.165) is 6.42 Å². The molecule has 0 spiro atoms. The highest BCUT2D eigenvalue weighted by Gasteiger charge is 2.17. The van der Waals surface area contributed by atoms with E-state index in [4.69, 9.17) is 9.47 Å². The van der Waals surface area contributed by atoms with E-state index in [1.165, 1.54) is 0 Å². The monoisotopic (exact) mass is 396 g/mol. The largest absolute Gasteiger partial charge is 0.492 e. The number of amides is 2. The van der Waals surface area contributed by atoms with Crippen LogP contribution in [0, 0.1) is 0 Å². The van der Waals surface area contributed by atoms with Crippen LogP contribution in [-0.4, -0.2) is 25.0 Å². The second-order valence-electron chi connectivity index (χ2n) is 6.28. The lowest BCUT2D eigenvalue weighted by atomic mass is 10.1. The number of ether oxygens (including phenoxy) is 2. The van der Waals surface area contributed by atoms with Crippen molar-refractivity contribution in [2.45, 2.75) is 34.1 Å². The molecule has 29 heavy (non-hydrogen) atoms. The van der Waals surface area contributed by atoms with Crippen LogP contribution in [0.2, 0.25) is 0 Å². The molecular formula is C23H28N2O4. The fourth-order valence-electron chi connectivity index (χ4n) is 2.71. The first-order valence-corrected chi connectivity index (χ1v) is 9.78. The first-order valence-electron chi connectivity index (χ1n) is 9.78. The quantitative estimate of drug-likeness (QED) is 0.583. The Bertz CT molecular complexity index is 876. The van der Waals surface area contributed by atoms with E-state index in [2.05, 4.69) is 10.6 Å². The molecule has 0 saturated heterocycles. The Kier molecular flexibility index (Phi) is 8.27. The molecule has 2 rings (SSSR count). The summed E-state index contributed by atoms with van der Waals surface area (Å²) in [6.07, 6.45) is 2.62. The number of benzene rings is 2. The third kappa shape index (κ3) is 6.10. The van der Waals surface area contributed by atoms with Crippen LogP contribution < -0.4 is 20.1 Å². The molecule has 6 heteroatoms. The van der Waals surface area contributed by atoms with E-state index in [-0.39, 0.29) is 11.8 Å². The molecule has 154 valence electrons. The molecule has 0 aliphatic carbocycles. The van der Waals surface area contributed by atoms with Gasteiger partial charge in [-0.05, 0) is 39.3 Å². The summed E-state index contributed by atoms with van der Waals surface area (Å²) in [5, 5.41) is 5.73. The van der Waals surface area contributed by atoms with Gasteiger partial charge in [0.2, 0.25) is 0 Å². The molecule has 2 aromatic carbocycles. The Labute approximate surface area is 171 Å². The first-order chi connectivity index (χ1) is 14.0. The van der Waals surface area contributed by atoms with Crippen LogP contribution in [0.4, 0.5) is 11.4 Å². The summed E-state index contributed by atoms with van der Waals surface area (Å²) in [7, 11) is 0. The van der Waals surface area contributed by atoms with Crippen LogP contribution in [0.15, 0.2) is 54.1 Å². The van der Waals surface area contributed by atoms with Gasteiger partial charge in [-0.25, -0.2) is 0 Å². The van der Waals surface area contributed by atoms with Gasteiger partial charge >= 0.3 is 0 Å². The minimum Gasteiger partial charge on any atom is -0.492 e. The van der Waals surface area contributed by atoms with Gasteiger partial charge in [-0.1, -0.05) is 31.2 Å². The van der Waals surface area contributed by atoms with Crippen molar-refractivity contribution in [3.8, 4) is 11.5 Å². The zero-order chi connectivity index (χ0) is 21.2. The Morgan fingerprint density at radius 1 is 0.897 bits per heavy atom. The molecule has 0 heterocycles.